The zero-order chi connectivity index (χ0) is 22.3. The maximum atomic E-state index is 12.6. The number of carbonyl (C=O) groups is 2. The molecule has 0 spiro atoms. The number of Topliss-reactive ketones (excluding diaryl/α,β-unsaturated/α-hetero) is 1. The molecule has 0 atom stereocenters. The fourth-order valence-electron chi connectivity index (χ4n) is 3.23. The first-order chi connectivity index (χ1) is 14.8. The van der Waals surface area contributed by atoms with Crippen LogP contribution in [0.1, 0.15) is 16.6 Å². The topological polar surface area (TPSA) is 121 Å². The van der Waals surface area contributed by atoms with Crippen LogP contribution < -0.4 is 16.6 Å². The summed E-state index contributed by atoms with van der Waals surface area (Å²) in [6.07, 6.45) is 1.34. The van der Waals surface area contributed by atoms with Gasteiger partial charge in [-0.1, -0.05) is 41.7 Å². The second-order valence-electron chi connectivity index (χ2n) is 6.92. The highest BCUT2D eigenvalue weighted by molar-refractivity contribution is 7.18. The van der Waals surface area contributed by atoms with Crippen LogP contribution in [0.5, 0.6) is 0 Å². The van der Waals surface area contributed by atoms with E-state index >= 15 is 0 Å². The predicted molar refractivity (Wildman–Crippen MR) is 116 cm³/mol. The molecule has 1 N–H and O–H groups in total. The summed E-state index contributed by atoms with van der Waals surface area (Å²) < 4.78 is 3.59. The molecule has 3 heterocycles. The van der Waals surface area contributed by atoms with Gasteiger partial charge >= 0.3 is 5.69 Å². The number of rotatable bonds is 5. The molecular formula is C20H18N6O4S. The van der Waals surface area contributed by atoms with Gasteiger partial charge in [-0.25, -0.2) is 14.8 Å². The van der Waals surface area contributed by atoms with Crippen molar-refractivity contribution in [2.24, 2.45) is 14.1 Å². The quantitative estimate of drug-likeness (QED) is 0.470. The van der Waals surface area contributed by atoms with E-state index in [2.05, 4.69) is 15.3 Å². The number of thiazole rings is 1. The van der Waals surface area contributed by atoms with Crippen molar-refractivity contribution in [3.05, 3.63) is 62.4 Å². The molecular weight excluding hydrogens is 420 g/mol. The fraction of sp³-hybridized carbons (Fsp3) is 0.200. The van der Waals surface area contributed by atoms with Crippen LogP contribution in [0.4, 0.5) is 5.13 Å². The Morgan fingerprint density at radius 3 is 2.48 bits per heavy atom. The maximum absolute atomic E-state index is 12.6. The van der Waals surface area contributed by atoms with Gasteiger partial charge < -0.3 is 9.88 Å². The van der Waals surface area contributed by atoms with Crippen LogP contribution >= 0.6 is 11.3 Å². The summed E-state index contributed by atoms with van der Waals surface area (Å²) in [6.45, 7) is 1.24. The summed E-state index contributed by atoms with van der Waals surface area (Å²) >= 11 is 1.09. The average molecular weight is 438 g/mol. The fourth-order valence-corrected chi connectivity index (χ4v) is 4.13. The molecule has 158 valence electrons. The van der Waals surface area contributed by atoms with E-state index in [0.29, 0.717) is 10.6 Å². The number of hydrogen-bond donors (Lipinski definition) is 1. The molecule has 0 fully saturated rings. The number of fused-ring (bicyclic) bond motifs is 1. The predicted octanol–water partition coefficient (Wildman–Crippen LogP) is 1.40. The molecule has 1 aromatic carbocycles. The molecule has 1 amide bonds. The van der Waals surface area contributed by atoms with Gasteiger partial charge in [-0.2, -0.15) is 0 Å². The van der Waals surface area contributed by atoms with Crippen molar-refractivity contribution >= 4 is 39.3 Å². The zero-order valence-electron chi connectivity index (χ0n) is 16.9. The van der Waals surface area contributed by atoms with E-state index in [1.54, 1.807) is 0 Å². The van der Waals surface area contributed by atoms with E-state index in [0.717, 1.165) is 21.5 Å². The first-order valence-electron chi connectivity index (χ1n) is 9.25. The highest BCUT2D eigenvalue weighted by Gasteiger charge is 2.19. The van der Waals surface area contributed by atoms with Crippen molar-refractivity contribution in [3.8, 4) is 11.3 Å². The Morgan fingerprint density at radius 1 is 1.10 bits per heavy atom. The number of imidazole rings is 1. The number of carbonyl (C=O) groups excluding carboxylic acids is 2. The van der Waals surface area contributed by atoms with E-state index in [1.807, 2.05) is 30.3 Å². The van der Waals surface area contributed by atoms with Gasteiger partial charge in [0, 0.05) is 26.6 Å². The van der Waals surface area contributed by atoms with Crippen LogP contribution in [0.3, 0.4) is 0 Å². The third-order valence-electron chi connectivity index (χ3n) is 4.77. The highest BCUT2D eigenvalue weighted by atomic mass is 32.1. The molecule has 0 aliphatic carbocycles. The number of nitrogens with zero attached hydrogens (tertiary/aromatic N) is 5. The Bertz CT molecular complexity index is 1440. The first kappa shape index (κ1) is 20.4. The zero-order valence-corrected chi connectivity index (χ0v) is 17.8. The molecule has 4 rings (SSSR count). The lowest BCUT2D eigenvalue weighted by molar-refractivity contribution is -0.116. The van der Waals surface area contributed by atoms with E-state index in [9.17, 15) is 19.2 Å². The van der Waals surface area contributed by atoms with Gasteiger partial charge in [0.1, 0.15) is 6.54 Å². The maximum Gasteiger partial charge on any atom is 0.332 e. The van der Waals surface area contributed by atoms with Crippen molar-refractivity contribution in [1.29, 1.82) is 0 Å². The van der Waals surface area contributed by atoms with E-state index in [-0.39, 0.29) is 28.6 Å². The van der Waals surface area contributed by atoms with Gasteiger partial charge in [0.05, 0.1) is 16.9 Å². The van der Waals surface area contributed by atoms with Crippen LogP contribution in [0, 0.1) is 0 Å². The normalized spacial score (nSPS) is 11.1. The molecule has 0 aliphatic rings. The van der Waals surface area contributed by atoms with Crippen molar-refractivity contribution in [2.45, 2.75) is 13.5 Å². The lowest BCUT2D eigenvalue weighted by atomic mass is 10.1. The van der Waals surface area contributed by atoms with E-state index in [1.165, 1.54) is 36.5 Å². The molecule has 4 aromatic rings. The standard InChI is InChI=1S/C20H18N6O4S/c1-11(27)16-14(12-7-5-4-6-8-12)23-19(31-16)22-13(28)9-26-10-21-17-15(26)18(29)25(3)20(30)24(17)2/h4-8,10H,9H2,1-3H3,(H,22,23,28). The van der Waals surface area contributed by atoms with Gasteiger partial charge in [-0.05, 0) is 0 Å². The Hall–Kier alpha value is -3.86. The second-order valence-corrected chi connectivity index (χ2v) is 7.92. The van der Waals surface area contributed by atoms with Crippen LogP contribution in [-0.4, -0.2) is 35.4 Å². The summed E-state index contributed by atoms with van der Waals surface area (Å²) in [7, 11) is 2.87. The minimum atomic E-state index is -0.539. The second kappa shape index (κ2) is 7.76. The summed E-state index contributed by atoms with van der Waals surface area (Å²) in [5.41, 5.74) is 0.580. The number of hydrogen-bond acceptors (Lipinski definition) is 7. The van der Waals surface area contributed by atoms with Crippen LogP contribution in [0.25, 0.3) is 22.4 Å². The average Bonchev–Trinajstić information content (AvgIpc) is 3.36. The van der Waals surface area contributed by atoms with Crippen LogP contribution in [0.15, 0.2) is 46.2 Å². The van der Waals surface area contributed by atoms with Gasteiger partial charge in [-0.3, -0.25) is 23.5 Å². The Morgan fingerprint density at radius 2 is 1.81 bits per heavy atom. The third kappa shape index (κ3) is 3.59. The summed E-state index contributed by atoms with van der Waals surface area (Å²) in [6, 6.07) is 9.22. The smallest absolute Gasteiger partial charge is 0.315 e. The lowest BCUT2D eigenvalue weighted by Gasteiger charge is -2.06. The van der Waals surface area contributed by atoms with Gasteiger partial charge in [0.25, 0.3) is 5.56 Å². The lowest BCUT2D eigenvalue weighted by Crippen LogP contribution is -2.37. The van der Waals surface area contributed by atoms with Crippen molar-refractivity contribution in [2.75, 3.05) is 5.32 Å². The van der Waals surface area contributed by atoms with Crippen molar-refractivity contribution < 1.29 is 9.59 Å². The summed E-state index contributed by atoms with van der Waals surface area (Å²) in [4.78, 5) is 58.2. The summed E-state index contributed by atoms with van der Waals surface area (Å²) in [5.74, 6) is -0.597. The number of benzene rings is 1. The molecule has 0 radical (unpaired) electrons. The molecule has 0 unspecified atom stereocenters. The number of aryl methyl sites for hydroxylation is 1. The molecule has 31 heavy (non-hydrogen) atoms. The highest BCUT2D eigenvalue weighted by Crippen LogP contribution is 2.31. The molecule has 10 nitrogen and oxygen atoms in total. The van der Waals surface area contributed by atoms with E-state index < -0.39 is 17.2 Å². The molecule has 0 aliphatic heterocycles. The van der Waals surface area contributed by atoms with Gasteiger partial charge in [-0.15, -0.1) is 0 Å². The van der Waals surface area contributed by atoms with E-state index in [4.69, 9.17) is 0 Å². The first-order valence-corrected chi connectivity index (χ1v) is 10.1. The molecule has 0 saturated heterocycles. The van der Waals surface area contributed by atoms with Gasteiger partial charge in [0.2, 0.25) is 5.91 Å². The number of ketones is 1. The van der Waals surface area contributed by atoms with Crippen molar-refractivity contribution in [3.63, 3.8) is 0 Å². The third-order valence-corrected chi connectivity index (χ3v) is 5.84. The summed E-state index contributed by atoms with van der Waals surface area (Å²) in [5, 5.41) is 2.96. The Labute approximate surface area is 179 Å². The number of anilines is 1. The van der Waals surface area contributed by atoms with Gasteiger partial charge in [0.15, 0.2) is 22.1 Å². The monoisotopic (exact) mass is 438 g/mol. The number of amides is 1. The minimum absolute atomic E-state index is 0.147. The van der Waals surface area contributed by atoms with Crippen molar-refractivity contribution in [1.82, 2.24) is 23.7 Å². The Balaban J connectivity index is 1.64. The minimum Gasteiger partial charge on any atom is -0.315 e. The number of aromatic nitrogens is 5. The SMILES string of the molecule is CC(=O)c1sc(NC(=O)Cn2cnc3c2c(=O)n(C)c(=O)n3C)nc1-c1ccccc1. The molecule has 3 aromatic heterocycles. The molecule has 11 heteroatoms. The number of nitrogens with one attached hydrogen (secondary N) is 1. The largest absolute Gasteiger partial charge is 0.332 e. The molecule has 0 bridgehead atoms. The van der Waals surface area contributed by atoms with Crippen LogP contribution in [0.2, 0.25) is 0 Å². The van der Waals surface area contributed by atoms with Crippen LogP contribution in [-0.2, 0) is 25.4 Å². The Kier molecular flexibility index (Phi) is 5.11. The molecule has 0 saturated carbocycles.